The zero-order valence-electron chi connectivity index (χ0n) is 17.9. The van der Waals surface area contributed by atoms with Crippen LogP contribution in [0, 0.1) is 6.92 Å². The van der Waals surface area contributed by atoms with Crippen LogP contribution in [0.5, 0.6) is 0 Å². The molecule has 0 spiro atoms. The Balaban J connectivity index is 1.48. The summed E-state index contributed by atoms with van der Waals surface area (Å²) in [7, 11) is 0. The Kier molecular flexibility index (Phi) is 6.93. The van der Waals surface area contributed by atoms with Crippen molar-refractivity contribution >= 4 is 46.0 Å². The van der Waals surface area contributed by atoms with E-state index in [1.165, 1.54) is 22.9 Å². The lowest BCUT2D eigenvalue weighted by molar-refractivity contribution is -0.118. The zero-order valence-corrected chi connectivity index (χ0v) is 19.5. The van der Waals surface area contributed by atoms with E-state index >= 15 is 0 Å². The number of hydrazone groups is 1. The molecule has 4 rings (SSSR count). The summed E-state index contributed by atoms with van der Waals surface area (Å²) in [5, 5.41) is 5.60. The number of amides is 1. The number of hydrogen-bond donors (Lipinski definition) is 1. The molecule has 0 unspecified atom stereocenters. The molecule has 0 atom stereocenters. The van der Waals surface area contributed by atoms with Crippen molar-refractivity contribution in [2.45, 2.75) is 25.5 Å². The second kappa shape index (κ2) is 10.0. The summed E-state index contributed by atoms with van der Waals surface area (Å²) in [6.07, 6.45) is 0. The van der Waals surface area contributed by atoms with Crippen molar-refractivity contribution in [2.24, 2.45) is 5.10 Å². The van der Waals surface area contributed by atoms with Crippen molar-refractivity contribution in [3.8, 4) is 0 Å². The molecule has 3 aromatic carbocycles. The lowest BCUT2D eigenvalue weighted by Gasteiger charge is -2.09. The van der Waals surface area contributed by atoms with Crippen LogP contribution in [-0.2, 0) is 11.3 Å². The van der Waals surface area contributed by atoms with Gasteiger partial charge in [-0.3, -0.25) is 4.79 Å². The van der Waals surface area contributed by atoms with Gasteiger partial charge in [0.05, 0.1) is 29.0 Å². The molecule has 1 N–H and O–H groups in total. The molecule has 0 fully saturated rings. The molecule has 1 amide bonds. The van der Waals surface area contributed by atoms with Gasteiger partial charge >= 0.3 is 0 Å². The second-order valence-electron chi connectivity index (χ2n) is 7.46. The van der Waals surface area contributed by atoms with Gasteiger partial charge in [-0.15, -0.1) is 0 Å². The quantitative estimate of drug-likeness (QED) is 0.218. The summed E-state index contributed by atoms with van der Waals surface area (Å²) in [5.74, 6) is 0.00613. The molecule has 4 aromatic rings. The number of nitrogens with zero attached hydrogens (tertiary/aromatic N) is 3. The summed E-state index contributed by atoms with van der Waals surface area (Å²) < 4.78 is 2.15. The monoisotopic (exact) mass is 462 g/mol. The van der Waals surface area contributed by atoms with Crippen LogP contribution in [0.2, 0.25) is 5.02 Å². The SMILES string of the molecule is C/C(=N/NC(=O)CSc1nc2ccccc2n1Cc1ccc(C)cc1)c1ccccc1Cl. The van der Waals surface area contributed by atoms with Crippen LogP contribution in [0.1, 0.15) is 23.6 Å². The average Bonchev–Trinajstić information content (AvgIpc) is 3.15. The van der Waals surface area contributed by atoms with Gasteiger partial charge in [-0.25, -0.2) is 10.4 Å². The summed E-state index contributed by atoms with van der Waals surface area (Å²) in [6, 6.07) is 23.9. The van der Waals surface area contributed by atoms with E-state index in [4.69, 9.17) is 16.6 Å². The van der Waals surface area contributed by atoms with Gasteiger partial charge in [0.15, 0.2) is 5.16 Å². The van der Waals surface area contributed by atoms with Crippen LogP contribution in [0.25, 0.3) is 11.0 Å². The van der Waals surface area contributed by atoms with E-state index in [1.54, 1.807) is 6.07 Å². The maximum Gasteiger partial charge on any atom is 0.250 e. The highest BCUT2D eigenvalue weighted by molar-refractivity contribution is 7.99. The van der Waals surface area contributed by atoms with Crippen molar-refractivity contribution in [2.75, 3.05) is 5.75 Å². The third-order valence-corrected chi connectivity index (χ3v) is 6.33. The number of rotatable bonds is 7. The van der Waals surface area contributed by atoms with E-state index in [0.717, 1.165) is 21.8 Å². The topological polar surface area (TPSA) is 59.3 Å². The average molecular weight is 463 g/mol. The van der Waals surface area contributed by atoms with Crippen molar-refractivity contribution in [1.29, 1.82) is 0 Å². The number of imidazole rings is 1. The van der Waals surface area contributed by atoms with E-state index in [2.05, 4.69) is 52.3 Å². The fraction of sp³-hybridized carbons (Fsp3) is 0.160. The van der Waals surface area contributed by atoms with Crippen LogP contribution in [0.4, 0.5) is 0 Å². The molecule has 0 bridgehead atoms. The van der Waals surface area contributed by atoms with E-state index in [-0.39, 0.29) is 11.7 Å². The molecule has 0 saturated carbocycles. The van der Waals surface area contributed by atoms with E-state index in [1.807, 2.05) is 43.3 Å². The summed E-state index contributed by atoms with van der Waals surface area (Å²) in [4.78, 5) is 17.2. The number of thioether (sulfide) groups is 1. The molecule has 0 saturated heterocycles. The normalized spacial score (nSPS) is 11.7. The largest absolute Gasteiger partial charge is 0.314 e. The van der Waals surface area contributed by atoms with E-state index < -0.39 is 0 Å². The van der Waals surface area contributed by atoms with Gasteiger partial charge in [0, 0.05) is 10.6 Å². The standard InChI is InChI=1S/C25H23ClN4OS/c1-17-11-13-19(14-12-17)15-30-23-10-6-5-9-22(23)27-25(30)32-16-24(31)29-28-18(2)20-7-3-4-8-21(20)26/h3-14H,15-16H2,1-2H3,(H,29,31)/b28-18-. The maximum atomic E-state index is 12.5. The van der Waals surface area contributed by atoms with Crippen molar-refractivity contribution in [1.82, 2.24) is 15.0 Å². The Morgan fingerprint density at radius 2 is 1.78 bits per heavy atom. The van der Waals surface area contributed by atoms with Gasteiger partial charge in [0.1, 0.15) is 0 Å². The van der Waals surface area contributed by atoms with Crippen LogP contribution >= 0.6 is 23.4 Å². The highest BCUT2D eigenvalue weighted by Crippen LogP contribution is 2.25. The van der Waals surface area contributed by atoms with Gasteiger partial charge in [0.25, 0.3) is 5.91 Å². The number of fused-ring (bicyclic) bond motifs is 1. The third-order valence-electron chi connectivity index (χ3n) is 5.03. The van der Waals surface area contributed by atoms with Crippen LogP contribution < -0.4 is 5.43 Å². The highest BCUT2D eigenvalue weighted by atomic mass is 35.5. The van der Waals surface area contributed by atoms with Crippen molar-refractivity contribution in [3.63, 3.8) is 0 Å². The smallest absolute Gasteiger partial charge is 0.250 e. The number of aromatic nitrogens is 2. The molecule has 0 aliphatic rings. The van der Waals surface area contributed by atoms with Crippen LogP contribution in [0.15, 0.2) is 83.1 Å². The van der Waals surface area contributed by atoms with Gasteiger partial charge in [0.2, 0.25) is 0 Å². The molecular formula is C25H23ClN4OS. The first-order valence-electron chi connectivity index (χ1n) is 10.2. The van der Waals surface area contributed by atoms with Crippen LogP contribution in [-0.4, -0.2) is 26.9 Å². The maximum absolute atomic E-state index is 12.5. The molecule has 1 aromatic heterocycles. The number of benzene rings is 3. The number of nitrogens with one attached hydrogen (secondary N) is 1. The second-order valence-corrected chi connectivity index (χ2v) is 8.81. The lowest BCUT2D eigenvalue weighted by Crippen LogP contribution is -2.21. The first-order chi connectivity index (χ1) is 15.5. The fourth-order valence-corrected chi connectivity index (χ4v) is 4.39. The Labute approximate surface area is 196 Å². The number of hydrogen-bond acceptors (Lipinski definition) is 4. The molecule has 5 nitrogen and oxygen atoms in total. The highest BCUT2D eigenvalue weighted by Gasteiger charge is 2.13. The lowest BCUT2D eigenvalue weighted by atomic mass is 10.1. The summed E-state index contributed by atoms with van der Waals surface area (Å²) in [6.45, 7) is 4.58. The van der Waals surface area contributed by atoms with Crippen molar-refractivity contribution < 1.29 is 4.79 Å². The molecule has 1 heterocycles. The zero-order chi connectivity index (χ0) is 22.5. The van der Waals surface area contributed by atoms with Crippen LogP contribution in [0.3, 0.4) is 0 Å². The molecule has 32 heavy (non-hydrogen) atoms. The molecule has 7 heteroatoms. The first-order valence-corrected chi connectivity index (χ1v) is 11.6. The van der Waals surface area contributed by atoms with Crippen molar-refractivity contribution in [3.05, 3.63) is 94.5 Å². The molecule has 0 aliphatic heterocycles. The molecule has 0 radical (unpaired) electrons. The summed E-state index contributed by atoms with van der Waals surface area (Å²) in [5.41, 5.74) is 8.43. The Morgan fingerprint density at radius 3 is 2.56 bits per heavy atom. The van der Waals surface area contributed by atoms with Gasteiger partial charge in [-0.1, -0.05) is 83.5 Å². The minimum atomic E-state index is -0.199. The Morgan fingerprint density at radius 1 is 1.06 bits per heavy atom. The number of carbonyl (C=O) groups is 1. The first kappa shape index (κ1) is 22.1. The van der Waals surface area contributed by atoms with E-state index in [0.29, 0.717) is 17.3 Å². The minimum absolute atomic E-state index is 0.199. The predicted molar refractivity (Wildman–Crippen MR) is 133 cm³/mol. The molecule has 162 valence electrons. The Bertz CT molecular complexity index is 1280. The van der Waals surface area contributed by atoms with Gasteiger partial charge in [-0.2, -0.15) is 5.10 Å². The summed E-state index contributed by atoms with van der Waals surface area (Å²) >= 11 is 7.60. The number of para-hydroxylation sites is 2. The van der Waals surface area contributed by atoms with Gasteiger partial charge in [-0.05, 0) is 37.6 Å². The predicted octanol–water partition coefficient (Wildman–Crippen LogP) is 5.68. The van der Waals surface area contributed by atoms with E-state index in [9.17, 15) is 4.79 Å². The Hall–Kier alpha value is -3.09. The number of aryl methyl sites for hydroxylation is 1. The number of carbonyl (C=O) groups excluding carboxylic acids is 1. The third kappa shape index (κ3) is 5.21. The molecular weight excluding hydrogens is 440 g/mol. The van der Waals surface area contributed by atoms with Gasteiger partial charge < -0.3 is 4.57 Å². The minimum Gasteiger partial charge on any atom is -0.314 e. The number of halogens is 1. The molecule has 0 aliphatic carbocycles. The fourth-order valence-electron chi connectivity index (χ4n) is 3.32.